The van der Waals surface area contributed by atoms with Gasteiger partial charge in [-0.3, -0.25) is 9.59 Å². The number of nitrogens with zero attached hydrogens (tertiary/aromatic N) is 2. The van der Waals surface area contributed by atoms with Crippen LogP contribution in [0.4, 0.5) is 0 Å². The fourth-order valence-corrected chi connectivity index (χ4v) is 7.69. The molecule has 2 saturated carbocycles. The second kappa shape index (κ2) is 13.3. The van der Waals surface area contributed by atoms with Crippen LogP contribution in [-0.4, -0.2) is 67.1 Å². The Morgan fingerprint density at radius 2 is 1.90 bits per heavy atom. The van der Waals surface area contributed by atoms with E-state index in [1.165, 1.54) is 25.3 Å². The van der Waals surface area contributed by atoms with Crippen molar-refractivity contribution in [3.63, 3.8) is 0 Å². The van der Waals surface area contributed by atoms with E-state index >= 15 is 0 Å². The van der Waals surface area contributed by atoms with Gasteiger partial charge in [0, 0.05) is 51.0 Å². The summed E-state index contributed by atoms with van der Waals surface area (Å²) in [6, 6.07) is 13.5. The van der Waals surface area contributed by atoms with E-state index in [0.29, 0.717) is 28.3 Å². The van der Waals surface area contributed by atoms with Gasteiger partial charge in [0.05, 0.1) is 22.6 Å². The molecular formula is C34H44Cl2N2O4. The summed E-state index contributed by atoms with van der Waals surface area (Å²) in [4.78, 5) is 30.6. The Kier molecular flexibility index (Phi) is 9.88. The first kappa shape index (κ1) is 31.3. The van der Waals surface area contributed by atoms with Gasteiger partial charge >= 0.3 is 5.97 Å². The molecule has 3 fully saturated rings. The molecule has 0 aromatic heterocycles. The summed E-state index contributed by atoms with van der Waals surface area (Å²) in [6.45, 7) is 9.56. The Labute approximate surface area is 260 Å². The maximum Gasteiger partial charge on any atom is 0.308 e. The molecule has 6 nitrogen and oxygen atoms in total. The molecular weight excluding hydrogens is 571 g/mol. The second-order valence-corrected chi connectivity index (χ2v) is 13.9. The highest BCUT2D eigenvalue weighted by atomic mass is 35.5. The third kappa shape index (κ3) is 7.15. The minimum Gasteiger partial charge on any atom is -0.427 e. The Morgan fingerprint density at radius 1 is 1.12 bits per heavy atom. The molecule has 2 aliphatic carbocycles. The molecule has 0 radical (unpaired) electrons. The normalized spacial score (nSPS) is 26.1. The van der Waals surface area contributed by atoms with Crippen molar-refractivity contribution < 1.29 is 19.1 Å². The van der Waals surface area contributed by atoms with Crippen LogP contribution in [0.15, 0.2) is 42.5 Å². The molecule has 8 heteroatoms. The summed E-state index contributed by atoms with van der Waals surface area (Å²) in [5, 5.41) is 0.945. The lowest BCUT2D eigenvalue weighted by Crippen LogP contribution is -2.62. The molecule has 4 atom stereocenters. The number of amides is 1. The molecule has 0 spiro atoms. The zero-order valence-corrected chi connectivity index (χ0v) is 26.8. The van der Waals surface area contributed by atoms with E-state index in [9.17, 15) is 9.59 Å². The molecule has 3 aliphatic rings. The van der Waals surface area contributed by atoms with Crippen molar-refractivity contribution in [1.29, 1.82) is 0 Å². The number of fused-ring (bicyclic) bond motifs is 1. The first-order chi connectivity index (χ1) is 20.1. The fourth-order valence-electron chi connectivity index (χ4n) is 7.36. The highest BCUT2D eigenvalue weighted by molar-refractivity contribution is 6.42. The number of halogens is 2. The van der Waals surface area contributed by atoms with Crippen molar-refractivity contribution in [1.82, 2.24) is 9.80 Å². The summed E-state index contributed by atoms with van der Waals surface area (Å²) in [5.74, 6) is 1.74. The topological polar surface area (TPSA) is 59.1 Å². The van der Waals surface area contributed by atoms with Crippen LogP contribution < -0.4 is 4.74 Å². The van der Waals surface area contributed by atoms with Crippen LogP contribution in [0.1, 0.15) is 64.0 Å². The summed E-state index contributed by atoms with van der Waals surface area (Å²) >= 11 is 12.4. The number of carbonyl (C=O) groups excluding carboxylic acids is 2. The van der Waals surface area contributed by atoms with Crippen molar-refractivity contribution >= 4 is 35.1 Å². The molecule has 1 aliphatic heterocycles. The van der Waals surface area contributed by atoms with Crippen molar-refractivity contribution in [2.24, 2.45) is 17.8 Å². The van der Waals surface area contributed by atoms with Crippen molar-refractivity contribution in [2.75, 3.05) is 33.3 Å². The number of hydrogen-bond donors (Lipinski definition) is 0. The molecule has 2 aromatic rings. The Morgan fingerprint density at radius 3 is 2.57 bits per heavy atom. The summed E-state index contributed by atoms with van der Waals surface area (Å²) in [7, 11) is 1.82. The molecule has 1 heterocycles. The smallest absolute Gasteiger partial charge is 0.308 e. The molecule has 0 N–H and O–H groups in total. The predicted molar refractivity (Wildman–Crippen MR) is 167 cm³/mol. The highest BCUT2D eigenvalue weighted by Gasteiger charge is 2.54. The van der Waals surface area contributed by atoms with Crippen LogP contribution >= 0.6 is 23.2 Å². The van der Waals surface area contributed by atoms with E-state index in [1.807, 2.05) is 31.4 Å². The molecule has 42 heavy (non-hydrogen) atoms. The van der Waals surface area contributed by atoms with E-state index in [1.54, 1.807) is 12.1 Å². The lowest BCUT2D eigenvalue weighted by atomic mass is 9.56. The molecule has 0 bridgehead atoms. The Hall–Kier alpha value is -2.12. The second-order valence-electron chi connectivity index (χ2n) is 13.1. The monoisotopic (exact) mass is 614 g/mol. The van der Waals surface area contributed by atoms with Gasteiger partial charge in [0.1, 0.15) is 5.75 Å². The van der Waals surface area contributed by atoms with Gasteiger partial charge in [-0.15, -0.1) is 0 Å². The number of rotatable bonds is 10. The van der Waals surface area contributed by atoms with Crippen LogP contribution in [0.25, 0.3) is 0 Å². The van der Waals surface area contributed by atoms with E-state index in [4.69, 9.17) is 32.7 Å². The molecule has 4 unspecified atom stereocenters. The van der Waals surface area contributed by atoms with Gasteiger partial charge in [0.15, 0.2) is 0 Å². The number of benzene rings is 2. The van der Waals surface area contributed by atoms with Crippen molar-refractivity contribution in [3.8, 4) is 5.75 Å². The molecule has 2 aromatic carbocycles. The molecule has 228 valence electrons. The number of methoxy groups -OCH3 is 1. The zero-order valence-electron chi connectivity index (χ0n) is 25.3. The van der Waals surface area contributed by atoms with Crippen LogP contribution in [-0.2, 0) is 26.2 Å². The fraction of sp³-hybridized carbons (Fsp3) is 0.588. The molecule has 1 saturated heterocycles. The standard InChI is InChI=1S/C34H44Cl2N2O4/c1-22(2)19-38(33(40)15-25-10-11-30(35)31(36)14-25)27-17-32(41-4)29-21-37(20-24-8-9-24)13-12-34(29,18-27)26-6-5-7-28(16-26)42-23(3)39/h5-7,10-11,14,16,22,24,27,29,32H,8-9,12-13,15,17-21H2,1-4H3. The summed E-state index contributed by atoms with van der Waals surface area (Å²) < 4.78 is 11.8. The maximum atomic E-state index is 14.0. The van der Waals surface area contributed by atoms with E-state index in [-0.39, 0.29) is 41.8 Å². The quantitative estimate of drug-likeness (QED) is 0.218. The van der Waals surface area contributed by atoms with Gasteiger partial charge in [-0.2, -0.15) is 0 Å². The van der Waals surface area contributed by atoms with Gasteiger partial charge in [0.2, 0.25) is 5.91 Å². The van der Waals surface area contributed by atoms with E-state index in [0.717, 1.165) is 50.4 Å². The average Bonchev–Trinajstić information content (AvgIpc) is 3.77. The minimum absolute atomic E-state index is 0.00410. The molecule has 1 amide bonds. The van der Waals surface area contributed by atoms with E-state index < -0.39 is 0 Å². The third-order valence-corrected chi connectivity index (χ3v) is 10.2. The van der Waals surface area contributed by atoms with Crippen LogP contribution in [0.5, 0.6) is 5.75 Å². The number of likely N-dealkylation sites (tertiary alicyclic amines) is 1. The maximum absolute atomic E-state index is 14.0. The van der Waals surface area contributed by atoms with Crippen molar-refractivity contribution in [2.45, 2.75) is 76.9 Å². The van der Waals surface area contributed by atoms with Crippen LogP contribution in [0.3, 0.4) is 0 Å². The van der Waals surface area contributed by atoms with E-state index in [2.05, 4.69) is 29.7 Å². The van der Waals surface area contributed by atoms with Gasteiger partial charge in [-0.1, -0.05) is 55.2 Å². The van der Waals surface area contributed by atoms with Crippen molar-refractivity contribution in [3.05, 3.63) is 63.6 Å². The Bertz CT molecular complexity index is 1280. The number of piperidine rings is 1. The largest absolute Gasteiger partial charge is 0.427 e. The number of hydrogen-bond acceptors (Lipinski definition) is 5. The van der Waals surface area contributed by atoms with Gasteiger partial charge in [0.25, 0.3) is 0 Å². The van der Waals surface area contributed by atoms with Gasteiger partial charge in [-0.05, 0) is 85.9 Å². The lowest BCUT2D eigenvalue weighted by molar-refractivity contribution is -0.140. The SMILES string of the molecule is COC1CC(N(CC(C)C)C(=O)Cc2ccc(Cl)c(Cl)c2)CC2(c3cccc(OC(C)=O)c3)CCN(CC3CC3)CC12. The lowest BCUT2D eigenvalue weighted by Gasteiger charge is -2.57. The van der Waals surface area contributed by atoms with Crippen LogP contribution in [0, 0.1) is 17.8 Å². The van der Waals surface area contributed by atoms with Gasteiger partial charge < -0.3 is 19.3 Å². The third-order valence-electron chi connectivity index (χ3n) is 9.44. The molecule has 5 rings (SSSR count). The highest BCUT2D eigenvalue weighted by Crippen LogP contribution is 2.52. The first-order valence-corrected chi connectivity index (χ1v) is 16.1. The minimum atomic E-state index is -0.326. The first-order valence-electron chi connectivity index (χ1n) is 15.4. The predicted octanol–water partition coefficient (Wildman–Crippen LogP) is 6.79. The van der Waals surface area contributed by atoms with Crippen LogP contribution in [0.2, 0.25) is 10.0 Å². The summed E-state index contributed by atoms with van der Waals surface area (Å²) in [5.41, 5.74) is 1.82. The number of ether oxygens (including phenoxy) is 2. The number of esters is 1. The average molecular weight is 616 g/mol. The Balaban J connectivity index is 1.49. The number of carbonyl (C=O) groups is 2. The van der Waals surface area contributed by atoms with Gasteiger partial charge in [-0.25, -0.2) is 0 Å². The summed E-state index contributed by atoms with van der Waals surface area (Å²) in [6.07, 6.45) is 5.54. The zero-order chi connectivity index (χ0) is 30.0.